The molecule has 0 aliphatic carbocycles. The summed E-state index contributed by atoms with van der Waals surface area (Å²) in [7, 11) is 1.75. The molecule has 6 heteroatoms. The first-order chi connectivity index (χ1) is 9.99. The van der Waals surface area contributed by atoms with Crippen molar-refractivity contribution in [2.75, 3.05) is 11.5 Å². The summed E-state index contributed by atoms with van der Waals surface area (Å²) < 4.78 is 1.66. The molecule has 21 heavy (non-hydrogen) atoms. The monoisotopic (exact) mass is 303 g/mol. The molecular formula is C15H17N3O2S. The van der Waals surface area contributed by atoms with E-state index in [4.69, 9.17) is 5.73 Å². The number of nitrogens with one attached hydrogen (secondary N) is 1. The number of thioether (sulfide) groups is 1. The van der Waals surface area contributed by atoms with Crippen molar-refractivity contribution in [2.24, 2.45) is 7.05 Å². The normalized spacial score (nSPS) is 10.4. The average Bonchev–Trinajstić information content (AvgIpc) is 2.87. The fourth-order valence-electron chi connectivity index (χ4n) is 1.85. The topological polar surface area (TPSA) is 77.1 Å². The van der Waals surface area contributed by atoms with Gasteiger partial charge in [0.15, 0.2) is 0 Å². The van der Waals surface area contributed by atoms with E-state index in [1.165, 1.54) is 11.8 Å². The summed E-state index contributed by atoms with van der Waals surface area (Å²) in [6.45, 7) is 1.91. The second-order valence-electron chi connectivity index (χ2n) is 4.64. The van der Waals surface area contributed by atoms with Gasteiger partial charge in [-0.2, -0.15) is 0 Å². The van der Waals surface area contributed by atoms with Crippen LogP contribution in [0.1, 0.15) is 16.1 Å². The van der Waals surface area contributed by atoms with Crippen LogP contribution in [0.15, 0.2) is 41.4 Å². The molecule has 0 aliphatic heterocycles. The Morgan fingerprint density at radius 1 is 1.29 bits per heavy atom. The summed E-state index contributed by atoms with van der Waals surface area (Å²) in [5, 5.41) is 2.38. The molecule has 0 saturated carbocycles. The minimum Gasteiger partial charge on any atom is -0.398 e. The van der Waals surface area contributed by atoms with E-state index in [-0.39, 0.29) is 11.7 Å². The maximum absolute atomic E-state index is 11.9. The van der Waals surface area contributed by atoms with Crippen molar-refractivity contribution < 1.29 is 9.59 Å². The Hall–Kier alpha value is -2.21. The molecule has 2 amide bonds. The van der Waals surface area contributed by atoms with Gasteiger partial charge in [-0.25, -0.2) is 0 Å². The van der Waals surface area contributed by atoms with Gasteiger partial charge < -0.3 is 10.3 Å². The summed E-state index contributed by atoms with van der Waals surface area (Å²) in [5.74, 6) is -0.550. The van der Waals surface area contributed by atoms with Crippen molar-refractivity contribution in [3.63, 3.8) is 0 Å². The zero-order chi connectivity index (χ0) is 15.4. The van der Waals surface area contributed by atoms with Crippen molar-refractivity contribution in [3.05, 3.63) is 47.8 Å². The highest BCUT2D eigenvalue weighted by molar-refractivity contribution is 8.00. The molecule has 0 atom stereocenters. The van der Waals surface area contributed by atoms with Gasteiger partial charge in [0.2, 0.25) is 5.91 Å². The summed E-state index contributed by atoms with van der Waals surface area (Å²) in [6, 6.07) is 8.99. The Labute approximate surface area is 127 Å². The maximum Gasteiger partial charge on any atom is 0.274 e. The van der Waals surface area contributed by atoms with Gasteiger partial charge in [-0.15, -0.1) is 11.8 Å². The van der Waals surface area contributed by atoms with E-state index in [0.717, 1.165) is 10.5 Å². The van der Waals surface area contributed by atoms with Gasteiger partial charge in [0.05, 0.1) is 5.75 Å². The first-order valence-corrected chi connectivity index (χ1v) is 7.41. The zero-order valence-electron chi connectivity index (χ0n) is 11.9. The molecule has 2 aromatic rings. The molecule has 0 aliphatic rings. The van der Waals surface area contributed by atoms with Gasteiger partial charge >= 0.3 is 0 Å². The van der Waals surface area contributed by atoms with Gasteiger partial charge in [0.1, 0.15) is 5.69 Å². The predicted molar refractivity (Wildman–Crippen MR) is 84.2 cm³/mol. The van der Waals surface area contributed by atoms with E-state index in [1.54, 1.807) is 29.9 Å². The Morgan fingerprint density at radius 2 is 2.05 bits per heavy atom. The number of nitrogen functional groups attached to an aromatic ring is 1. The lowest BCUT2D eigenvalue weighted by Gasteiger charge is -2.08. The highest BCUT2D eigenvalue weighted by atomic mass is 32.2. The predicted octanol–water partition coefficient (Wildman–Crippen LogP) is 1.96. The molecule has 1 aromatic heterocycles. The number of anilines is 1. The molecule has 110 valence electrons. The standard InChI is InChI=1S/C15H17N3O2S/c1-10-11(16)5-3-7-13(10)21-9-14(19)17-15(20)12-6-4-8-18(12)2/h3-8H,9,16H2,1-2H3,(H,17,19,20). The van der Waals surface area contributed by atoms with Crippen LogP contribution in [-0.2, 0) is 11.8 Å². The number of amides is 2. The van der Waals surface area contributed by atoms with E-state index in [0.29, 0.717) is 11.4 Å². The summed E-state index contributed by atoms with van der Waals surface area (Å²) in [6.07, 6.45) is 1.75. The van der Waals surface area contributed by atoms with Crippen molar-refractivity contribution in [1.82, 2.24) is 9.88 Å². The molecule has 3 N–H and O–H groups in total. The van der Waals surface area contributed by atoms with E-state index in [1.807, 2.05) is 25.1 Å². The van der Waals surface area contributed by atoms with Gasteiger partial charge in [-0.3, -0.25) is 14.9 Å². The number of nitrogens with two attached hydrogens (primary N) is 1. The molecule has 1 aromatic carbocycles. The number of rotatable bonds is 4. The molecule has 0 spiro atoms. The van der Waals surface area contributed by atoms with Crippen LogP contribution < -0.4 is 11.1 Å². The van der Waals surface area contributed by atoms with E-state index in [9.17, 15) is 9.59 Å². The Kier molecular flexibility index (Phi) is 4.70. The van der Waals surface area contributed by atoms with Crippen LogP contribution in [0, 0.1) is 6.92 Å². The van der Waals surface area contributed by atoms with Crippen LogP contribution in [0.3, 0.4) is 0 Å². The van der Waals surface area contributed by atoms with Gasteiger partial charge in [0.25, 0.3) is 5.91 Å². The van der Waals surface area contributed by atoms with E-state index in [2.05, 4.69) is 5.32 Å². The van der Waals surface area contributed by atoms with Gasteiger partial charge in [0, 0.05) is 23.8 Å². The highest BCUT2D eigenvalue weighted by Gasteiger charge is 2.13. The molecule has 0 fully saturated rings. The fourth-order valence-corrected chi connectivity index (χ4v) is 2.72. The third kappa shape index (κ3) is 3.66. The molecular weight excluding hydrogens is 286 g/mol. The minimum atomic E-state index is -0.391. The largest absolute Gasteiger partial charge is 0.398 e. The molecule has 0 saturated heterocycles. The number of imide groups is 1. The van der Waals surface area contributed by atoms with Crippen LogP contribution in [0.4, 0.5) is 5.69 Å². The number of nitrogens with zero attached hydrogens (tertiary/aromatic N) is 1. The number of hydrogen-bond acceptors (Lipinski definition) is 4. The molecule has 0 bridgehead atoms. The second kappa shape index (κ2) is 6.49. The number of carbonyl (C=O) groups excluding carboxylic acids is 2. The Bertz CT molecular complexity index is 679. The lowest BCUT2D eigenvalue weighted by Crippen LogP contribution is -2.32. The molecule has 1 heterocycles. The van der Waals surface area contributed by atoms with Crippen LogP contribution in [0.5, 0.6) is 0 Å². The zero-order valence-corrected chi connectivity index (χ0v) is 12.7. The highest BCUT2D eigenvalue weighted by Crippen LogP contribution is 2.25. The first-order valence-electron chi connectivity index (χ1n) is 6.42. The SMILES string of the molecule is Cc1c(N)cccc1SCC(=O)NC(=O)c1cccn1C. The van der Waals surface area contributed by atoms with Crippen molar-refractivity contribution in [3.8, 4) is 0 Å². The first kappa shape index (κ1) is 15.2. The third-order valence-electron chi connectivity index (χ3n) is 3.11. The van der Waals surface area contributed by atoms with Gasteiger partial charge in [-0.05, 0) is 36.8 Å². The Morgan fingerprint density at radius 3 is 2.71 bits per heavy atom. The summed E-state index contributed by atoms with van der Waals surface area (Å²) in [5.41, 5.74) is 7.91. The lowest BCUT2D eigenvalue weighted by molar-refractivity contribution is -0.117. The number of carbonyl (C=O) groups is 2. The summed E-state index contributed by atoms with van der Waals surface area (Å²) in [4.78, 5) is 24.7. The quantitative estimate of drug-likeness (QED) is 0.668. The molecule has 0 unspecified atom stereocenters. The second-order valence-corrected chi connectivity index (χ2v) is 5.66. The van der Waals surface area contributed by atoms with E-state index < -0.39 is 5.91 Å². The van der Waals surface area contributed by atoms with Crippen LogP contribution in [-0.4, -0.2) is 22.1 Å². The van der Waals surface area contributed by atoms with Crippen LogP contribution in [0.25, 0.3) is 0 Å². The lowest BCUT2D eigenvalue weighted by atomic mass is 10.2. The smallest absolute Gasteiger partial charge is 0.274 e. The third-order valence-corrected chi connectivity index (χ3v) is 4.27. The number of aromatic nitrogens is 1. The van der Waals surface area contributed by atoms with Gasteiger partial charge in [-0.1, -0.05) is 6.07 Å². The molecule has 5 nitrogen and oxygen atoms in total. The maximum atomic E-state index is 11.9. The summed E-state index contributed by atoms with van der Waals surface area (Å²) >= 11 is 1.36. The minimum absolute atomic E-state index is 0.167. The van der Waals surface area contributed by atoms with Crippen LogP contribution >= 0.6 is 11.8 Å². The Balaban J connectivity index is 1.92. The number of aryl methyl sites for hydroxylation is 1. The van der Waals surface area contributed by atoms with Crippen molar-refractivity contribution in [1.29, 1.82) is 0 Å². The van der Waals surface area contributed by atoms with Crippen molar-refractivity contribution in [2.45, 2.75) is 11.8 Å². The number of hydrogen-bond donors (Lipinski definition) is 2. The van der Waals surface area contributed by atoms with E-state index >= 15 is 0 Å². The number of benzene rings is 1. The van der Waals surface area contributed by atoms with Crippen LogP contribution in [0.2, 0.25) is 0 Å². The van der Waals surface area contributed by atoms with Crippen molar-refractivity contribution >= 4 is 29.3 Å². The molecule has 0 radical (unpaired) electrons. The average molecular weight is 303 g/mol. The fraction of sp³-hybridized carbons (Fsp3) is 0.200. The molecule has 2 rings (SSSR count).